The summed E-state index contributed by atoms with van der Waals surface area (Å²) >= 11 is 10.4. The Hall–Kier alpha value is 0.510. The fraction of sp³-hybridized carbons (Fsp3) is 0.286. The summed E-state index contributed by atoms with van der Waals surface area (Å²) in [5.41, 5.74) is 0.349. The highest BCUT2D eigenvalue weighted by Gasteiger charge is 2.18. The van der Waals surface area contributed by atoms with E-state index in [1.54, 1.807) is 0 Å². The summed E-state index contributed by atoms with van der Waals surface area (Å²) in [6.07, 6.45) is -1.15. The zero-order valence-electron chi connectivity index (χ0n) is 6.20. The third-order valence-corrected chi connectivity index (χ3v) is 4.18. The number of alkyl halides is 3. The molecule has 1 nitrogen and oxygen atoms in total. The smallest absolute Gasteiger partial charge is 0.248 e. The van der Waals surface area contributed by atoms with Gasteiger partial charge in [-0.1, -0.05) is 0 Å². The van der Waals surface area contributed by atoms with E-state index in [1.165, 1.54) is 6.20 Å². The van der Waals surface area contributed by atoms with E-state index >= 15 is 0 Å². The summed E-state index contributed by atoms with van der Waals surface area (Å²) in [5, 5.41) is 0. The van der Waals surface area contributed by atoms with Crippen molar-refractivity contribution in [3.8, 4) is 0 Å². The lowest BCUT2D eigenvalue weighted by molar-refractivity contribution is 0.149. The van der Waals surface area contributed by atoms with Crippen LogP contribution in [0, 0.1) is 3.57 Å². The Morgan fingerprint density at radius 3 is 2.69 bits per heavy atom. The molecule has 0 bridgehead atoms. The molecule has 0 aliphatic carbocycles. The average molecular weight is 382 g/mol. The van der Waals surface area contributed by atoms with Gasteiger partial charge in [-0.2, -0.15) is 0 Å². The number of hydrogen-bond acceptors (Lipinski definition) is 1. The molecular weight excluding hydrogens is 378 g/mol. The first-order valence-corrected chi connectivity index (χ1v) is 5.65. The summed E-state index contributed by atoms with van der Waals surface area (Å²) in [5.74, 6) is 0.0515. The van der Waals surface area contributed by atoms with Gasteiger partial charge in [0.05, 0.1) is 3.57 Å². The zero-order chi connectivity index (χ0) is 10.0. The molecule has 0 saturated carbocycles. The van der Waals surface area contributed by atoms with E-state index in [1.807, 2.05) is 22.6 Å². The van der Waals surface area contributed by atoms with Crippen molar-refractivity contribution >= 4 is 50.1 Å². The second-order valence-corrected chi connectivity index (χ2v) is 4.33. The first kappa shape index (κ1) is 11.6. The molecule has 72 valence electrons. The van der Waals surface area contributed by atoms with Crippen LogP contribution in [0.5, 0.6) is 0 Å². The van der Waals surface area contributed by atoms with Crippen molar-refractivity contribution in [2.24, 2.45) is 0 Å². The van der Waals surface area contributed by atoms with Crippen LogP contribution in [-0.2, 0) is 5.88 Å². The summed E-state index contributed by atoms with van der Waals surface area (Å²) < 4.78 is 25.9. The highest BCUT2D eigenvalue weighted by atomic mass is 127. The fourth-order valence-electron chi connectivity index (χ4n) is 0.855. The molecule has 0 fully saturated rings. The minimum Gasteiger partial charge on any atom is -0.248 e. The van der Waals surface area contributed by atoms with E-state index in [0.29, 0.717) is 13.7 Å². The van der Waals surface area contributed by atoms with Crippen LogP contribution in [-0.4, -0.2) is 4.98 Å². The van der Waals surface area contributed by atoms with Crippen molar-refractivity contribution in [3.63, 3.8) is 0 Å². The van der Waals surface area contributed by atoms with E-state index in [2.05, 4.69) is 20.9 Å². The first-order chi connectivity index (χ1) is 6.07. The van der Waals surface area contributed by atoms with Gasteiger partial charge in [0.1, 0.15) is 4.60 Å². The van der Waals surface area contributed by atoms with Crippen LogP contribution in [0.1, 0.15) is 17.6 Å². The van der Waals surface area contributed by atoms with Crippen LogP contribution in [0.25, 0.3) is 0 Å². The molecule has 0 aliphatic heterocycles. The molecule has 0 amide bonds. The standard InChI is InChI=1S/C7H4BrClF2IN/c8-6-5(12)4(7(10)11)3(1-9)2-13-6/h2,7H,1H2. The lowest BCUT2D eigenvalue weighted by atomic mass is 10.2. The summed E-state index contributed by atoms with van der Waals surface area (Å²) in [7, 11) is 0. The maximum absolute atomic E-state index is 12.5. The van der Waals surface area contributed by atoms with Gasteiger partial charge < -0.3 is 0 Å². The predicted octanol–water partition coefficient (Wildman–Crippen LogP) is 4.13. The monoisotopic (exact) mass is 381 g/mol. The van der Waals surface area contributed by atoms with Gasteiger partial charge in [-0.3, -0.25) is 0 Å². The van der Waals surface area contributed by atoms with Crippen molar-refractivity contribution in [2.75, 3.05) is 0 Å². The van der Waals surface area contributed by atoms with Crippen LogP contribution in [0.2, 0.25) is 0 Å². The van der Waals surface area contributed by atoms with Crippen LogP contribution >= 0.6 is 50.1 Å². The molecular formula is C7H4BrClF2IN. The van der Waals surface area contributed by atoms with Gasteiger partial charge in [-0.25, -0.2) is 13.8 Å². The lowest BCUT2D eigenvalue weighted by Crippen LogP contribution is -1.99. The molecule has 0 radical (unpaired) electrons. The van der Waals surface area contributed by atoms with E-state index < -0.39 is 6.43 Å². The molecule has 0 atom stereocenters. The van der Waals surface area contributed by atoms with E-state index in [4.69, 9.17) is 11.6 Å². The molecule has 0 aromatic carbocycles. The van der Waals surface area contributed by atoms with E-state index in [9.17, 15) is 8.78 Å². The van der Waals surface area contributed by atoms with E-state index in [-0.39, 0.29) is 11.4 Å². The number of pyridine rings is 1. The lowest BCUT2D eigenvalue weighted by Gasteiger charge is -2.08. The second kappa shape index (κ2) is 4.84. The molecule has 0 saturated heterocycles. The molecule has 0 unspecified atom stereocenters. The molecule has 0 aliphatic rings. The number of nitrogens with zero attached hydrogens (tertiary/aromatic N) is 1. The third kappa shape index (κ3) is 2.50. The molecule has 1 aromatic heterocycles. The first-order valence-electron chi connectivity index (χ1n) is 3.24. The van der Waals surface area contributed by atoms with Gasteiger partial charge >= 0.3 is 0 Å². The summed E-state index contributed by atoms with van der Waals surface area (Å²) in [4.78, 5) is 3.88. The van der Waals surface area contributed by atoms with Crippen LogP contribution in [0.3, 0.4) is 0 Å². The summed E-state index contributed by atoms with van der Waals surface area (Å²) in [6, 6.07) is 0. The third-order valence-electron chi connectivity index (χ3n) is 1.46. The van der Waals surface area contributed by atoms with Gasteiger partial charge in [0, 0.05) is 17.6 Å². The Kier molecular flexibility index (Phi) is 4.31. The highest BCUT2D eigenvalue weighted by molar-refractivity contribution is 14.1. The molecule has 13 heavy (non-hydrogen) atoms. The molecule has 1 rings (SSSR count). The van der Waals surface area contributed by atoms with Gasteiger partial charge in [0.2, 0.25) is 0 Å². The Bertz CT molecular complexity index is 322. The average Bonchev–Trinajstić information content (AvgIpc) is 2.08. The quantitative estimate of drug-likeness (QED) is 0.426. The summed E-state index contributed by atoms with van der Waals surface area (Å²) in [6.45, 7) is 0. The molecule has 1 heterocycles. The maximum Gasteiger partial charge on any atom is 0.265 e. The zero-order valence-corrected chi connectivity index (χ0v) is 10.7. The Morgan fingerprint density at radius 1 is 1.62 bits per heavy atom. The SMILES string of the molecule is FC(F)c1c(CCl)cnc(Br)c1I. The normalized spacial score (nSPS) is 10.9. The van der Waals surface area contributed by atoms with Crippen LogP contribution < -0.4 is 0 Å². The molecule has 1 aromatic rings. The van der Waals surface area contributed by atoms with Crippen molar-refractivity contribution < 1.29 is 8.78 Å². The minimum atomic E-state index is -2.51. The Labute approximate surface area is 101 Å². The number of rotatable bonds is 2. The Balaban J connectivity index is 3.32. The number of aromatic nitrogens is 1. The topological polar surface area (TPSA) is 12.9 Å². The molecule has 6 heteroatoms. The Morgan fingerprint density at radius 2 is 2.23 bits per heavy atom. The highest BCUT2D eigenvalue weighted by Crippen LogP contribution is 2.32. The maximum atomic E-state index is 12.5. The van der Waals surface area contributed by atoms with Crippen molar-refractivity contribution in [1.82, 2.24) is 4.98 Å². The molecule has 0 spiro atoms. The minimum absolute atomic E-state index is 0.0301. The van der Waals surface area contributed by atoms with Crippen LogP contribution in [0.15, 0.2) is 10.8 Å². The molecule has 0 N–H and O–H groups in total. The number of hydrogen-bond donors (Lipinski definition) is 0. The van der Waals surface area contributed by atoms with Crippen molar-refractivity contribution in [3.05, 3.63) is 25.5 Å². The van der Waals surface area contributed by atoms with Crippen LogP contribution in [0.4, 0.5) is 8.78 Å². The van der Waals surface area contributed by atoms with Crippen molar-refractivity contribution in [2.45, 2.75) is 12.3 Å². The van der Waals surface area contributed by atoms with Gasteiger partial charge in [-0.05, 0) is 44.1 Å². The largest absolute Gasteiger partial charge is 0.265 e. The van der Waals surface area contributed by atoms with Gasteiger partial charge in [-0.15, -0.1) is 11.6 Å². The van der Waals surface area contributed by atoms with Gasteiger partial charge in [0.25, 0.3) is 6.43 Å². The van der Waals surface area contributed by atoms with Gasteiger partial charge in [0.15, 0.2) is 0 Å². The number of halogens is 5. The second-order valence-electron chi connectivity index (χ2n) is 2.24. The fourth-order valence-corrected chi connectivity index (χ4v) is 2.11. The predicted molar refractivity (Wildman–Crippen MR) is 59.2 cm³/mol. The van der Waals surface area contributed by atoms with Crippen molar-refractivity contribution in [1.29, 1.82) is 0 Å². The van der Waals surface area contributed by atoms with E-state index in [0.717, 1.165) is 0 Å².